The van der Waals surface area contributed by atoms with Gasteiger partial charge in [0.2, 0.25) is 6.29 Å². The van der Waals surface area contributed by atoms with E-state index in [1.54, 1.807) is 20.8 Å². The molecule has 0 saturated carbocycles. The van der Waals surface area contributed by atoms with Crippen molar-refractivity contribution in [1.82, 2.24) is 0 Å². The quantitative estimate of drug-likeness (QED) is 0.389. The van der Waals surface area contributed by atoms with E-state index in [4.69, 9.17) is 10.6 Å². The molecule has 0 amide bonds. The third-order valence-corrected chi connectivity index (χ3v) is 0.843. The van der Waals surface area contributed by atoms with Crippen molar-refractivity contribution in [2.45, 2.75) is 39.6 Å². The minimum Gasteiger partial charge on any atom is -0.429 e. The Morgan fingerprint density at radius 3 is 2.25 bits per heavy atom. The second kappa shape index (κ2) is 4.27. The third kappa shape index (κ3) is 5.94. The summed E-state index contributed by atoms with van der Waals surface area (Å²) < 4.78 is 9.38. The summed E-state index contributed by atoms with van der Waals surface area (Å²) in [5, 5.41) is 0. The highest BCUT2D eigenvalue weighted by molar-refractivity contribution is 5.60. The van der Waals surface area contributed by atoms with Gasteiger partial charge in [-0.25, -0.2) is 10.7 Å². The van der Waals surface area contributed by atoms with Gasteiger partial charge in [0, 0.05) is 0 Å². The zero-order valence-electron chi connectivity index (χ0n) is 7.79. The number of rotatable bonds is 2. The van der Waals surface area contributed by atoms with Crippen LogP contribution in [0.25, 0.3) is 0 Å². The second-order valence-corrected chi connectivity index (χ2v) is 3.29. The van der Waals surface area contributed by atoms with Crippen molar-refractivity contribution in [2.24, 2.45) is 5.90 Å². The van der Waals surface area contributed by atoms with Gasteiger partial charge in [-0.3, -0.25) is 4.84 Å². The number of carbonyl (C=O) groups is 1. The highest BCUT2D eigenvalue weighted by Crippen LogP contribution is 2.08. The van der Waals surface area contributed by atoms with E-state index in [1.807, 2.05) is 0 Å². The van der Waals surface area contributed by atoms with E-state index in [2.05, 4.69) is 9.57 Å². The number of hydrogen-bond acceptors (Lipinski definition) is 5. The van der Waals surface area contributed by atoms with Crippen molar-refractivity contribution in [1.29, 1.82) is 0 Å². The molecule has 0 aliphatic rings. The molecular weight excluding hydrogens is 162 g/mol. The topological polar surface area (TPSA) is 70.8 Å². The van der Waals surface area contributed by atoms with Crippen LogP contribution in [0.2, 0.25) is 0 Å². The van der Waals surface area contributed by atoms with Crippen molar-refractivity contribution in [3.05, 3.63) is 0 Å². The summed E-state index contributed by atoms with van der Waals surface area (Å²) in [7, 11) is 0. The van der Waals surface area contributed by atoms with Crippen LogP contribution in [-0.4, -0.2) is 18.0 Å². The van der Waals surface area contributed by atoms with E-state index in [0.29, 0.717) is 0 Å². The lowest BCUT2D eigenvalue weighted by atomic mass is 10.2. The standard InChI is InChI=1S/C7H15NO4/c1-5(12-8)10-6(9)11-7(2,3)4/h5H,8H2,1-4H3. The molecule has 1 atom stereocenters. The minimum atomic E-state index is -0.792. The molecule has 0 bridgehead atoms. The molecule has 0 aromatic carbocycles. The molecular formula is C7H15NO4. The smallest absolute Gasteiger partial charge is 0.429 e. The predicted octanol–water partition coefficient (Wildman–Crippen LogP) is 1.17. The molecule has 12 heavy (non-hydrogen) atoms. The third-order valence-electron chi connectivity index (χ3n) is 0.843. The van der Waals surface area contributed by atoms with Crippen LogP contribution in [0, 0.1) is 0 Å². The Bertz CT molecular complexity index is 152. The lowest BCUT2D eigenvalue weighted by Gasteiger charge is -2.20. The van der Waals surface area contributed by atoms with Gasteiger partial charge in [0.25, 0.3) is 0 Å². The first-order valence-electron chi connectivity index (χ1n) is 3.60. The number of nitrogens with two attached hydrogens (primary N) is 1. The van der Waals surface area contributed by atoms with Crippen LogP contribution in [0.15, 0.2) is 0 Å². The molecule has 0 aliphatic heterocycles. The maximum atomic E-state index is 10.8. The summed E-state index contributed by atoms with van der Waals surface area (Å²) in [4.78, 5) is 15.1. The van der Waals surface area contributed by atoms with Gasteiger partial charge in [-0.1, -0.05) is 0 Å². The molecule has 0 fully saturated rings. The van der Waals surface area contributed by atoms with Gasteiger partial charge in [-0.2, -0.15) is 0 Å². The molecule has 0 rings (SSSR count). The van der Waals surface area contributed by atoms with Crippen molar-refractivity contribution in [2.75, 3.05) is 0 Å². The van der Waals surface area contributed by atoms with Crippen molar-refractivity contribution >= 4 is 6.16 Å². The van der Waals surface area contributed by atoms with Gasteiger partial charge in [-0.15, -0.1) is 0 Å². The SMILES string of the molecule is CC(ON)OC(=O)OC(C)(C)C. The van der Waals surface area contributed by atoms with Gasteiger partial charge in [0.1, 0.15) is 5.60 Å². The van der Waals surface area contributed by atoms with Crippen LogP contribution >= 0.6 is 0 Å². The Labute approximate surface area is 71.7 Å². The highest BCUT2D eigenvalue weighted by atomic mass is 16.8. The zero-order valence-corrected chi connectivity index (χ0v) is 7.79. The summed E-state index contributed by atoms with van der Waals surface area (Å²) in [6.45, 7) is 6.70. The van der Waals surface area contributed by atoms with E-state index in [0.717, 1.165) is 0 Å². The molecule has 5 nitrogen and oxygen atoms in total. The second-order valence-electron chi connectivity index (χ2n) is 3.29. The van der Waals surface area contributed by atoms with Crippen molar-refractivity contribution in [3.63, 3.8) is 0 Å². The molecule has 1 unspecified atom stereocenters. The van der Waals surface area contributed by atoms with E-state index in [1.165, 1.54) is 6.92 Å². The first-order valence-corrected chi connectivity index (χ1v) is 3.60. The highest BCUT2D eigenvalue weighted by Gasteiger charge is 2.19. The Balaban J connectivity index is 3.75. The first-order chi connectivity index (χ1) is 5.35. The molecule has 0 heterocycles. The monoisotopic (exact) mass is 177 g/mol. The summed E-state index contributed by atoms with van der Waals surface area (Å²) in [5.41, 5.74) is -0.564. The normalized spacial score (nSPS) is 13.8. The molecule has 2 N–H and O–H groups in total. The lowest BCUT2D eigenvalue weighted by Crippen LogP contribution is -2.28. The van der Waals surface area contributed by atoms with Crippen molar-refractivity contribution in [3.8, 4) is 0 Å². The summed E-state index contributed by atoms with van der Waals surface area (Å²) in [5.74, 6) is 4.75. The van der Waals surface area contributed by atoms with E-state index in [9.17, 15) is 4.79 Å². The van der Waals surface area contributed by atoms with Gasteiger partial charge in [0.05, 0.1) is 0 Å². The fraction of sp³-hybridized carbons (Fsp3) is 0.857. The van der Waals surface area contributed by atoms with E-state index >= 15 is 0 Å². The van der Waals surface area contributed by atoms with E-state index in [-0.39, 0.29) is 0 Å². The fourth-order valence-electron chi connectivity index (χ4n) is 0.437. The average molecular weight is 177 g/mol. The molecule has 0 saturated heterocycles. The summed E-state index contributed by atoms with van der Waals surface area (Å²) in [6, 6.07) is 0. The molecule has 0 aromatic rings. The molecule has 0 radical (unpaired) electrons. The van der Waals surface area contributed by atoms with Crippen molar-refractivity contribution < 1.29 is 19.1 Å². The Hall–Kier alpha value is -0.810. The van der Waals surface area contributed by atoms with Gasteiger partial charge < -0.3 is 9.47 Å². The van der Waals surface area contributed by atoms with Crippen LogP contribution in [0.1, 0.15) is 27.7 Å². The number of ether oxygens (including phenoxy) is 2. The van der Waals surface area contributed by atoms with Crippen LogP contribution in [0.3, 0.4) is 0 Å². The maximum absolute atomic E-state index is 10.8. The average Bonchev–Trinajstić information content (AvgIpc) is 1.82. The summed E-state index contributed by atoms with van der Waals surface area (Å²) >= 11 is 0. The molecule has 5 heteroatoms. The van der Waals surface area contributed by atoms with Gasteiger partial charge in [-0.05, 0) is 27.7 Å². The zero-order chi connectivity index (χ0) is 9.78. The summed E-state index contributed by atoms with van der Waals surface area (Å²) in [6.07, 6.45) is -1.58. The van der Waals surface area contributed by atoms with Crippen LogP contribution < -0.4 is 5.90 Å². The Morgan fingerprint density at radius 1 is 1.42 bits per heavy atom. The first kappa shape index (κ1) is 11.2. The maximum Gasteiger partial charge on any atom is 0.511 e. The van der Waals surface area contributed by atoms with Gasteiger partial charge in [0.15, 0.2) is 0 Å². The lowest BCUT2D eigenvalue weighted by molar-refractivity contribution is -0.125. The molecule has 72 valence electrons. The van der Waals surface area contributed by atoms with Gasteiger partial charge >= 0.3 is 6.16 Å². The van der Waals surface area contributed by atoms with Crippen LogP contribution in [-0.2, 0) is 14.3 Å². The Kier molecular flexibility index (Phi) is 3.99. The minimum absolute atomic E-state index is 0.564. The largest absolute Gasteiger partial charge is 0.511 e. The number of hydrogen-bond donors (Lipinski definition) is 1. The predicted molar refractivity (Wildman–Crippen MR) is 42.1 cm³/mol. The molecule has 0 aliphatic carbocycles. The Morgan fingerprint density at radius 2 is 1.92 bits per heavy atom. The molecule has 0 aromatic heterocycles. The van der Waals surface area contributed by atoms with Crippen LogP contribution in [0.5, 0.6) is 0 Å². The van der Waals surface area contributed by atoms with Crippen LogP contribution in [0.4, 0.5) is 4.79 Å². The fourth-order valence-corrected chi connectivity index (χ4v) is 0.437. The number of carbonyl (C=O) groups excluding carboxylic acids is 1. The van der Waals surface area contributed by atoms with E-state index < -0.39 is 18.0 Å². The molecule has 0 spiro atoms.